The normalized spacial score (nSPS) is 12.9. The molecule has 0 aliphatic rings. The summed E-state index contributed by atoms with van der Waals surface area (Å²) < 4.78 is 0. The van der Waals surface area contributed by atoms with Crippen molar-refractivity contribution in [3.63, 3.8) is 0 Å². The van der Waals surface area contributed by atoms with Crippen LogP contribution in [0, 0.1) is 5.92 Å². The van der Waals surface area contributed by atoms with Crippen LogP contribution in [-0.2, 0) is 6.42 Å². The van der Waals surface area contributed by atoms with Gasteiger partial charge in [-0.2, -0.15) is 11.8 Å². The Hall–Kier alpha value is 0.110. The Labute approximate surface area is 131 Å². The van der Waals surface area contributed by atoms with Gasteiger partial charge in [-0.1, -0.05) is 50.0 Å². The molecule has 1 aromatic rings. The fourth-order valence-electron chi connectivity index (χ4n) is 1.90. The minimum absolute atomic E-state index is 0.422. The van der Waals surface area contributed by atoms with Crippen LogP contribution >= 0.6 is 35.0 Å². The van der Waals surface area contributed by atoms with E-state index in [1.165, 1.54) is 5.75 Å². The van der Waals surface area contributed by atoms with E-state index in [-0.39, 0.29) is 0 Å². The average molecular weight is 320 g/mol. The average Bonchev–Trinajstić information content (AvgIpc) is 2.33. The van der Waals surface area contributed by atoms with Crippen molar-refractivity contribution in [1.29, 1.82) is 0 Å². The summed E-state index contributed by atoms with van der Waals surface area (Å²) in [5.74, 6) is 3.02. The molecule has 1 atom stereocenters. The highest BCUT2D eigenvalue weighted by Crippen LogP contribution is 2.26. The first-order chi connectivity index (χ1) is 9.04. The van der Waals surface area contributed by atoms with Gasteiger partial charge in [-0.05, 0) is 42.3 Å². The van der Waals surface area contributed by atoms with Crippen LogP contribution in [0.3, 0.4) is 0 Å². The molecule has 1 aromatic carbocycles. The Morgan fingerprint density at radius 2 is 1.79 bits per heavy atom. The van der Waals surface area contributed by atoms with Gasteiger partial charge in [-0.15, -0.1) is 0 Å². The highest BCUT2D eigenvalue weighted by atomic mass is 35.5. The van der Waals surface area contributed by atoms with E-state index >= 15 is 0 Å². The predicted octanol–water partition coefficient (Wildman–Crippen LogP) is 4.90. The van der Waals surface area contributed by atoms with E-state index in [0.29, 0.717) is 6.04 Å². The highest BCUT2D eigenvalue weighted by molar-refractivity contribution is 7.99. The zero-order valence-electron chi connectivity index (χ0n) is 11.9. The maximum absolute atomic E-state index is 6.24. The Balaban J connectivity index is 2.62. The van der Waals surface area contributed by atoms with Gasteiger partial charge in [0.05, 0.1) is 0 Å². The summed E-state index contributed by atoms with van der Waals surface area (Å²) >= 11 is 14.5. The number of thioether (sulfide) groups is 1. The minimum Gasteiger partial charge on any atom is -0.313 e. The Kier molecular flexibility index (Phi) is 8.24. The first-order valence-electron chi connectivity index (χ1n) is 6.78. The Bertz CT molecular complexity index is 362. The van der Waals surface area contributed by atoms with E-state index in [4.69, 9.17) is 23.2 Å². The molecular weight excluding hydrogens is 297 g/mol. The number of hydrogen-bond acceptors (Lipinski definition) is 2. The molecule has 0 amide bonds. The van der Waals surface area contributed by atoms with E-state index in [0.717, 1.165) is 40.2 Å². The molecule has 0 saturated carbocycles. The summed E-state index contributed by atoms with van der Waals surface area (Å²) in [6.45, 7) is 7.60. The Morgan fingerprint density at radius 1 is 1.16 bits per heavy atom. The second-order valence-electron chi connectivity index (χ2n) is 5.09. The fourth-order valence-corrected chi connectivity index (χ4v) is 3.58. The van der Waals surface area contributed by atoms with Crippen LogP contribution < -0.4 is 5.32 Å². The van der Waals surface area contributed by atoms with Crippen molar-refractivity contribution < 1.29 is 0 Å². The molecule has 0 aliphatic heterocycles. The van der Waals surface area contributed by atoms with Gasteiger partial charge in [-0.25, -0.2) is 0 Å². The van der Waals surface area contributed by atoms with Gasteiger partial charge in [0.1, 0.15) is 0 Å². The molecule has 0 saturated heterocycles. The molecule has 1 unspecified atom stereocenters. The molecule has 0 heterocycles. The quantitative estimate of drug-likeness (QED) is 0.731. The molecule has 0 fully saturated rings. The third kappa shape index (κ3) is 6.40. The second kappa shape index (κ2) is 9.12. The molecule has 0 spiro atoms. The summed E-state index contributed by atoms with van der Waals surface area (Å²) in [5, 5.41) is 5.06. The number of hydrogen-bond donors (Lipinski definition) is 1. The summed E-state index contributed by atoms with van der Waals surface area (Å²) in [6, 6.07) is 6.13. The first-order valence-corrected chi connectivity index (χ1v) is 8.69. The van der Waals surface area contributed by atoms with E-state index < -0.39 is 0 Å². The summed E-state index contributed by atoms with van der Waals surface area (Å²) in [4.78, 5) is 0. The fraction of sp³-hybridized carbons (Fsp3) is 0.600. The van der Waals surface area contributed by atoms with Crippen molar-refractivity contribution in [3.8, 4) is 0 Å². The van der Waals surface area contributed by atoms with Crippen LogP contribution in [0.5, 0.6) is 0 Å². The predicted molar refractivity (Wildman–Crippen MR) is 89.8 cm³/mol. The van der Waals surface area contributed by atoms with Crippen LogP contribution in [0.1, 0.15) is 26.3 Å². The smallest absolute Gasteiger partial charge is 0.0453 e. The topological polar surface area (TPSA) is 12.0 Å². The molecule has 108 valence electrons. The first kappa shape index (κ1) is 17.2. The number of rotatable bonds is 8. The lowest BCUT2D eigenvalue weighted by Crippen LogP contribution is -2.33. The van der Waals surface area contributed by atoms with Crippen molar-refractivity contribution in [3.05, 3.63) is 33.8 Å². The number of benzene rings is 1. The zero-order chi connectivity index (χ0) is 14.3. The third-order valence-electron chi connectivity index (χ3n) is 2.78. The number of halogens is 2. The third-order valence-corrected chi connectivity index (χ3v) is 5.02. The number of nitrogens with one attached hydrogen (secondary N) is 1. The summed E-state index contributed by atoms with van der Waals surface area (Å²) in [7, 11) is 0. The van der Waals surface area contributed by atoms with Crippen LogP contribution in [0.25, 0.3) is 0 Å². The largest absolute Gasteiger partial charge is 0.313 e. The molecule has 0 radical (unpaired) electrons. The maximum atomic E-state index is 6.24. The van der Waals surface area contributed by atoms with Gasteiger partial charge >= 0.3 is 0 Å². The SMILES string of the molecule is CCNC(CSCC(C)C)Cc1c(Cl)cccc1Cl. The lowest BCUT2D eigenvalue weighted by Gasteiger charge is -2.19. The van der Waals surface area contributed by atoms with Gasteiger partial charge in [0, 0.05) is 21.8 Å². The maximum Gasteiger partial charge on any atom is 0.0453 e. The molecule has 0 aromatic heterocycles. The highest BCUT2D eigenvalue weighted by Gasteiger charge is 2.13. The minimum atomic E-state index is 0.422. The Morgan fingerprint density at radius 3 is 2.32 bits per heavy atom. The molecule has 1 nitrogen and oxygen atoms in total. The molecule has 1 rings (SSSR count). The summed E-state index contributed by atoms with van der Waals surface area (Å²) in [6.07, 6.45) is 0.886. The van der Waals surface area contributed by atoms with Gasteiger partial charge < -0.3 is 5.32 Å². The molecule has 19 heavy (non-hydrogen) atoms. The van der Waals surface area contributed by atoms with Crippen LogP contribution in [0.15, 0.2) is 18.2 Å². The molecule has 4 heteroatoms. The van der Waals surface area contributed by atoms with E-state index in [1.54, 1.807) is 0 Å². The van der Waals surface area contributed by atoms with Gasteiger partial charge in [-0.3, -0.25) is 0 Å². The molecular formula is C15H23Cl2NS. The standard InChI is InChI=1S/C15H23Cl2NS/c1-4-18-12(10-19-9-11(2)3)8-13-14(16)6-5-7-15(13)17/h5-7,11-12,18H,4,8-10H2,1-3H3. The van der Waals surface area contributed by atoms with Crippen molar-refractivity contribution in [2.75, 3.05) is 18.1 Å². The monoisotopic (exact) mass is 319 g/mol. The van der Waals surface area contributed by atoms with E-state index in [1.807, 2.05) is 30.0 Å². The van der Waals surface area contributed by atoms with Crippen molar-refractivity contribution in [2.45, 2.75) is 33.2 Å². The van der Waals surface area contributed by atoms with Gasteiger partial charge in [0.2, 0.25) is 0 Å². The molecule has 0 bridgehead atoms. The lowest BCUT2D eigenvalue weighted by atomic mass is 10.1. The van der Waals surface area contributed by atoms with Crippen LogP contribution in [-0.4, -0.2) is 24.1 Å². The van der Waals surface area contributed by atoms with Crippen LogP contribution in [0.4, 0.5) is 0 Å². The van der Waals surface area contributed by atoms with E-state index in [9.17, 15) is 0 Å². The van der Waals surface area contributed by atoms with E-state index in [2.05, 4.69) is 26.1 Å². The molecule has 0 aliphatic carbocycles. The van der Waals surface area contributed by atoms with Crippen molar-refractivity contribution in [1.82, 2.24) is 5.32 Å². The zero-order valence-corrected chi connectivity index (χ0v) is 14.2. The van der Waals surface area contributed by atoms with Gasteiger partial charge in [0.15, 0.2) is 0 Å². The lowest BCUT2D eigenvalue weighted by molar-refractivity contribution is 0.572. The van der Waals surface area contributed by atoms with Crippen molar-refractivity contribution in [2.24, 2.45) is 5.92 Å². The second-order valence-corrected chi connectivity index (χ2v) is 6.98. The molecule has 1 N–H and O–H groups in total. The van der Waals surface area contributed by atoms with Gasteiger partial charge in [0.25, 0.3) is 0 Å². The summed E-state index contributed by atoms with van der Waals surface area (Å²) in [5.41, 5.74) is 1.06. The number of likely N-dealkylation sites (N-methyl/N-ethyl adjacent to an activating group) is 1. The van der Waals surface area contributed by atoms with Crippen LogP contribution in [0.2, 0.25) is 10.0 Å². The van der Waals surface area contributed by atoms with Crippen molar-refractivity contribution >= 4 is 35.0 Å².